The zero-order valence-corrected chi connectivity index (χ0v) is 9.18. The van der Waals surface area contributed by atoms with Gasteiger partial charge in [0.1, 0.15) is 0 Å². The largest absolute Gasteiger partial charge is 0.478 e. The van der Waals surface area contributed by atoms with Crippen LogP contribution in [-0.2, 0) is 4.79 Å². The van der Waals surface area contributed by atoms with Gasteiger partial charge in [-0.1, -0.05) is 31.3 Å². The molecule has 80 valence electrons. The Hall–Kier alpha value is -0.790. The maximum Gasteiger partial charge on any atom is 0.331 e. The molecular weight excluding hydrogens is 176 g/mol. The molecule has 0 saturated heterocycles. The Morgan fingerprint density at radius 3 is 2.00 bits per heavy atom. The minimum absolute atomic E-state index is 0.522. The zero-order chi connectivity index (χ0) is 10.6. The highest BCUT2D eigenvalue weighted by molar-refractivity contribution is 5.86. The van der Waals surface area contributed by atoms with E-state index in [1.165, 1.54) is 38.5 Å². The highest BCUT2D eigenvalue weighted by atomic mass is 16.4. The summed E-state index contributed by atoms with van der Waals surface area (Å²) in [7, 11) is 0. The normalized spacial score (nSPS) is 21.3. The molecule has 1 fully saturated rings. The van der Waals surface area contributed by atoms with Gasteiger partial charge in [-0.2, -0.15) is 0 Å². The van der Waals surface area contributed by atoms with Crippen molar-refractivity contribution >= 4 is 5.97 Å². The molecule has 0 radical (unpaired) electrons. The van der Waals surface area contributed by atoms with E-state index in [0.717, 1.165) is 5.57 Å². The van der Waals surface area contributed by atoms with Crippen molar-refractivity contribution in [1.29, 1.82) is 0 Å². The van der Waals surface area contributed by atoms with Crippen molar-refractivity contribution < 1.29 is 9.90 Å². The Bertz CT molecular complexity index is 233. The summed E-state index contributed by atoms with van der Waals surface area (Å²) in [5, 5.41) is 8.90. The van der Waals surface area contributed by atoms with Gasteiger partial charge in [0.15, 0.2) is 0 Å². The van der Waals surface area contributed by atoms with E-state index >= 15 is 0 Å². The van der Waals surface area contributed by atoms with E-state index in [9.17, 15) is 4.79 Å². The van der Waals surface area contributed by atoms with Crippen LogP contribution in [0.15, 0.2) is 11.1 Å². The summed E-state index contributed by atoms with van der Waals surface area (Å²) in [6.45, 7) is 3.71. The first-order valence-corrected chi connectivity index (χ1v) is 5.53. The van der Waals surface area contributed by atoms with Crippen LogP contribution in [0, 0.1) is 5.92 Å². The summed E-state index contributed by atoms with van der Waals surface area (Å²) in [5.74, 6) is -0.236. The fraction of sp³-hybridized carbons (Fsp3) is 0.750. The smallest absolute Gasteiger partial charge is 0.331 e. The van der Waals surface area contributed by atoms with Crippen LogP contribution in [0.4, 0.5) is 0 Å². The maximum absolute atomic E-state index is 10.8. The predicted octanol–water partition coefficient (Wildman–Crippen LogP) is 3.38. The molecule has 0 unspecified atom stereocenters. The Morgan fingerprint density at radius 2 is 1.57 bits per heavy atom. The van der Waals surface area contributed by atoms with Crippen LogP contribution in [0.25, 0.3) is 0 Å². The molecule has 1 saturated carbocycles. The molecule has 2 heteroatoms. The molecule has 0 aliphatic heterocycles. The lowest BCUT2D eigenvalue weighted by Gasteiger charge is -2.16. The van der Waals surface area contributed by atoms with E-state index in [-0.39, 0.29) is 0 Å². The molecule has 1 N–H and O–H groups in total. The highest BCUT2D eigenvalue weighted by Gasteiger charge is 2.17. The van der Waals surface area contributed by atoms with Crippen molar-refractivity contribution in [2.75, 3.05) is 0 Å². The first kappa shape index (κ1) is 11.3. The van der Waals surface area contributed by atoms with Crippen molar-refractivity contribution in [3.63, 3.8) is 0 Å². The zero-order valence-electron chi connectivity index (χ0n) is 9.18. The van der Waals surface area contributed by atoms with Gasteiger partial charge in [0.2, 0.25) is 0 Å². The lowest BCUT2D eigenvalue weighted by Crippen LogP contribution is -2.07. The molecule has 0 amide bonds. The molecule has 14 heavy (non-hydrogen) atoms. The van der Waals surface area contributed by atoms with E-state index in [1.807, 2.05) is 6.92 Å². The maximum atomic E-state index is 10.8. The number of hydrogen-bond donors (Lipinski definition) is 1. The first-order chi connectivity index (χ1) is 6.63. The number of carbonyl (C=O) groups is 1. The van der Waals surface area contributed by atoms with Crippen LogP contribution in [0.2, 0.25) is 0 Å². The molecule has 0 aromatic heterocycles. The summed E-state index contributed by atoms with van der Waals surface area (Å²) in [4.78, 5) is 10.8. The molecule has 2 nitrogen and oxygen atoms in total. The van der Waals surface area contributed by atoms with Gasteiger partial charge in [-0.05, 0) is 32.6 Å². The Morgan fingerprint density at radius 1 is 1.07 bits per heavy atom. The van der Waals surface area contributed by atoms with Crippen molar-refractivity contribution in [2.24, 2.45) is 5.92 Å². The van der Waals surface area contributed by atoms with Gasteiger partial charge in [0, 0.05) is 5.57 Å². The van der Waals surface area contributed by atoms with E-state index in [4.69, 9.17) is 5.11 Å². The number of carboxylic acids is 1. The fourth-order valence-electron chi connectivity index (χ4n) is 2.19. The Labute approximate surface area is 86.0 Å². The number of rotatable bonds is 2. The third-order valence-corrected chi connectivity index (χ3v) is 3.38. The van der Waals surface area contributed by atoms with Crippen molar-refractivity contribution in [3.8, 4) is 0 Å². The minimum Gasteiger partial charge on any atom is -0.478 e. The summed E-state index contributed by atoms with van der Waals surface area (Å²) < 4.78 is 0. The average molecular weight is 196 g/mol. The number of allylic oxidation sites excluding steroid dienone is 1. The fourth-order valence-corrected chi connectivity index (χ4v) is 2.19. The van der Waals surface area contributed by atoms with Crippen LogP contribution in [0.3, 0.4) is 0 Å². The van der Waals surface area contributed by atoms with Gasteiger partial charge in [0.25, 0.3) is 0 Å². The lowest BCUT2D eigenvalue weighted by molar-refractivity contribution is -0.132. The second-order valence-electron chi connectivity index (χ2n) is 4.30. The van der Waals surface area contributed by atoms with Crippen LogP contribution in [0.5, 0.6) is 0 Å². The monoisotopic (exact) mass is 196 g/mol. The highest BCUT2D eigenvalue weighted by Crippen LogP contribution is 2.29. The molecule has 1 aliphatic rings. The standard InChI is InChI=1S/C12H20O2/c1-9(10(2)12(13)14)11-7-5-3-4-6-8-11/h11H,3-8H2,1-2H3,(H,13,14). The van der Waals surface area contributed by atoms with E-state index < -0.39 is 5.97 Å². The van der Waals surface area contributed by atoms with Crippen LogP contribution < -0.4 is 0 Å². The SMILES string of the molecule is CC(C(=O)O)=C(C)C1CCCCCC1. The second-order valence-corrected chi connectivity index (χ2v) is 4.30. The van der Waals surface area contributed by atoms with Crippen molar-refractivity contribution in [3.05, 3.63) is 11.1 Å². The predicted molar refractivity (Wildman–Crippen MR) is 57.2 cm³/mol. The Balaban J connectivity index is 2.70. The summed E-state index contributed by atoms with van der Waals surface area (Å²) in [5.41, 5.74) is 1.65. The molecule has 0 bridgehead atoms. The van der Waals surface area contributed by atoms with Gasteiger partial charge < -0.3 is 5.11 Å². The summed E-state index contributed by atoms with van der Waals surface area (Å²) in [6, 6.07) is 0. The van der Waals surface area contributed by atoms with Gasteiger partial charge in [-0.15, -0.1) is 0 Å². The molecule has 0 spiro atoms. The van der Waals surface area contributed by atoms with Gasteiger partial charge in [0.05, 0.1) is 0 Å². The van der Waals surface area contributed by atoms with Crippen LogP contribution in [-0.4, -0.2) is 11.1 Å². The molecule has 0 atom stereocenters. The number of carboxylic acid groups (broad SMARTS) is 1. The quantitative estimate of drug-likeness (QED) is 0.543. The molecular formula is C12H20O2. The minimum atomic E-state index is -0.758. The van der Waals surface area contributed by atoms with Gasteiger partial charge in [-0.25, -0.2) is 4.79 Å². The lowest BCUT2D eigenvalue weighted by atomic mass is 9.89. The third kappa shape index (κ3) is 2.86. The summed E-state index contributed by atoms with van der Waals surface area (Å²) >= 11 is 0. The van der Waals surface area contributed by atoms with E-state index in [0.29, 0.717) is 11.5 Å². The molecule has 1 rings (SSSR count). The molecule has 0 aromatic carbocycles. The summed E-state index contributed by atoms with van der Waals surface area (Å²) in [6.07, 6.45) is 7.50. The van der Waals surface area contributed by atoms with Crippen molar-refractivity contribution in [2.45, 2.75) is 52.4 Å². The van der Waals surface area contributed by atoms with Gasteiger partial charge >= 0.3 is 5.97 Å². The van der Waals surface area contributed by atoms with Crippen molar-refractivity contribution in [1.82, 2.24) is 0 Å². The third-order valence-electron chi connectivity index (χ3n) is 3.38. The van der Waals surface area contributed by atoms with E-state index in [2.05, 4.69) is 0 Å². The second kappa shape index (κ2) is 5.18. The number of aliphatic carboxylic acids is 1. The Kier molecular flexibility index (Phi) is 4.18. The first-order valence-electron chi connectivity index (χ1n) is 5.53. The topological polar surface area (TPSA) is 37.3 Å². The molecule has 1 aliphatic carbocycles. The average Bonchev–Trinajstić information content (AvgIpc) is 2.43. The molecule has 0 aromatic rings. The molecule has 0 heterocycles. The van der Waals surface area contributed by atoms with Crippen LogP contribution >= 0.6 is 0 Å². The van der Waals surface area contributed by atoms with Crippen LogP contribution in [0.1, 0.15) is 52.4 Å². The van der Waals surface area contributed by atoms with E-state index in [1.54, 1.807) is 6.92 Å². The number of hydrogen-bond acceptors (Lipinski definition) is 1. The van der Waals surface area contributed by atoms with Gasteiger partial charge in [-0.3, -0.25) is 0 Å².